The second-order valence-electron chi connectivity index (χ2n) is 4.68. The zero-order chi connectivity index (χ0) is 10.3. The molecule has 0 amide bonds. The van der Waals surface area contributed by atoms with Crippen molar-refractivity contribution in [3.63, 3.8) is 0 Å². The summed E-state index contributed by atoms with van der Waals surface area (Å²) in [6, 6.07) is 2.24. The predicted molar refractivity (Wildman–Crippen MR) is 59.1 cm³/mol. The van der Waals surface area contributed by atoms with Gasteiger partial charge in [0.2, 0.25) is 0 Å². The van der Waals surface area contributed by atoms with Crippen molar-refractivity contribution in [2.45, 2.75) is 39.7 Å². The van der Waals surface area contributed by atoms with E-state index in [0.717, 1.165) is 17.8 Å². The van der Waals surface area contributed by atoms with Gasteiger partial charge in [-0.05, 0) is 45.2 Å². The minimum Gasteiger partial charge on any atom is -0.285 e. The topological polar surface area (TPSA) is 25.2 Å². The van der Waals surface area contributed by atoms with E-state index in [1.165, 1.54) is 11.1 Å². The van der Waals surface area contributed by atoms with E-state index in [2.05, 4.69) is 36.8 Å². The van der Waals surface area contributed by atoms with Gasteiger partial charge < -0.3 is 0 Å². The van der Waals surface area contributed by atoms with Gasteiger partial charge in [0, 0.05) is 11.9 Å². The molecule has 0 saturated heterocycles. The van der Waals surface area contributed by atoms with Crippen molar-refractivity contribution in [3.8, 4) is 0 Å². The molecule has 14 heavy (non-hydrogen) atoms. The highest BCUT2D eigenvalue weighted by atomic mass is 14.9. The van der Waals surface area contributed by atoms with E-state index in [1.54, 1.807) is 0 Å². The minimum absolute atomic E-state index is 0.0381. The molecule has 0 radical (unpaired) electrons. The summed E-state index contributed by atoms with van der Waals surface area (Å²) in [5.74, 6) is 0. The molecule has 0 spiro atoms. The van der Waals surface area contributed by atoms with Crippen LogP contribution in [0, 0.1) is 13.8 Å². The van der Waals surface area contributed by atoms with Gasteiger partial charge in [-0.2, -0.15) is 0 Å². The van der Waals surface area contributed by atoms with Gasteiger partial charge in [0.05, 0.1) is 11.2 Å². The van der Waals surface area contributed by atoms with Crippen LogP contribution in [0.25, 0.3) is 0 Å². The van der Waals surface area contributed by atoms with Gasteiger partial charge in [0.15, 0.2) is 0 Å². The molecule has 0 aromatic carbocycles. The quantitative estimate of drug-likeness (QED) is 0.614. The SMILES string of the molecule is Cc1cc2c(nc1C)C=NC(C)(C)C2. The molecule has 2 rings (SSSR count). The molecule has 0 unspecified atom stereocenters. The van der Waals surface area contributed by atoms with Crippen molar-refractivity contribution < 1.29 is 0 Å². The zero-order valence-corrected chi connectivity index (χ0v) is 9.26. The Morgan fingerprint density at radius 3 is 2.71 bits per heavy atom. The Hall–Kier alpha value is -1.18. The number of nitrogens with zero attached hydrogens (tertiary/aromatic N) is 2. The Morgan fingerprint density at radius 1 is 1.29 bits per heavy atom. The van der Waals surface area contributed by atoms with Crippen LogP contribution in [-0.2, 0) is 6.42 Å². The van der Waals surface area contributed by atoms with Gasteiger partial charge in [0.25, 0.3) is 0 Å². The molecule has 0 atom stereocenters. The van der Waals surface area contributed by atoms with E-state index in [0.29, 0.717) is 0 Å². The second-order valence-corrected chi connectivity index (χ2v) is 4.68. The number of hydrogen-bond donors (Lipinski definition) is 0. The predicted octanol–water partition coefficient (Wildman–Crippen LogP) is 2.45. The third kappa shape index (κ3) is 1.57. The normalized spacial score (nSPS) is 18.0. The summed E-state index contributed by atoms with van der Waals surface area (Å²) in [6.45, 7) is 8.47. The number of pyridine rings is 1. The lowest BCUT2D eigenvalue weighted by Gasteiger charge is -2.25. The molecule has 1 aromatic rings. The molecule has 2 heterocycles. The van der Waals surface area contributed by atoms with Crippen molar-refractivity contribution in [2.24, 2.45) is 4.99 Å². The Labute approximate surface area is 85.1 Å². The maximum Gasteiger partial charge on any atom is 0.0844 e. The van der Waals surface area contributed by atoms with Crippen molar-refractivity contribution in [3.05, 3.63) is 28.6 Å². The van der Waals surface area contributed by atoms with Crippen LogP contribution in [0.15, 0.2) is 11.1 Å². The van der Waals surface area contributed by atoms with Gasteiger partial charge in [-0.25, -0.2) is 0 Å². The summed E-state index contributed by atoms with van der Waals surface area (Å²) in [5, 5.41) is 0. The van der Waals surface area contributed by atoms with Crippen LogP contribution in [-0.4, -0.2) is 16.7 Å². The fourth-order valence-corrected chi connectivity index (χ4v) is 1.78. The monoisotopic (exact) mass is 188 g/mol. The van der Waals surface area contributed by atoms with Crippen molar-refractivity contribution >= 4 is 6.21 Å². The Kier molecular flexibility index (Phi) is 1.95. The van der Waals surface area contributed by atoms with E-state index < -0.39 is 0 Å². The van der Waals surface area contributed by atoms with Crippen molar-refractivity contribution in [1.82, 2.24) is 4.98 Å². The molecule has 0 bridgehead atoms. The molecular formula is C12H16N2. The summed E-state index contributed by atoms with van der Waals surface area (Å²) in [5.41, 5.74) is 4.79. The zero-order valence-electron chi connectivity index (χ0n) is 9.26. The minimum atomic E-state index is 0.0381. The number of hydrogen-bond acceptors (Lipinski definition) is 2. The second kappa shape index (κ2) is 2.91. The van der Waals surface area contributed by atoms with Crippen LogP contribution in [0.2, 0.25) is 0 Å². The summed E-state index contributed by atoms with van der Waals surface area (Å²) in [4.78, 5) is 9.02. The molecule has 2 heteroatoms. The van der Waals surface area contributed by atoms with Crippen LogP contribution in [0.3, 0.4) is 0 Å². The largest absolute Gasteiger partial charge is 0.285 e. The smallest absolute Gasteiger partial charge is 0.0844 e. The van der Waals surface area contributed by atoms with E-state index in [-0.39, 0.29) is 5.54 Å². The van der Waals surface area contributed by atoms with E-state index in [1.807, 2.05) is 13.1 Å². The number of rotatable bonds is 0. The van der Waals surface area contributed by atoms with Crippen LogP contribution in [0.1, 0.15) is 36.4 Å². The lowest BCUT2D eigenvalue weighted by Crippen LogP contribution is -2.25. The van der Waals surface area contributed by atoms with E-state index in [4.69, 9.17) is 0 Å². The van der Waals surface area contributed by atoms with Gasteiger partial charge >= 0.3 is 0 Å². The van der Waals surface area contributed by atoms with Crippen molar-refractivity contribution in [1.29, 1.82) is 0 Å². The molecule has 0 saturated carbocycles. The summed E-state index contributed by atoms with van der Waals surface area (Å²) < 4.78 is 0. The third-order valence-electron chi connectivity index (χ3n) is 2.74. The third-order valence-corrected chi connectivity index (χ3v) is 2.74. The van der Waals surface area contributed by atoms with Gasteiger partial charge in [-0.15, -0.1) is 0 Å². The number of fused-ring (bicyclic) bond motifs is 1. The van der Waals surface area contributed by atoms with E-state index in [9.17, 15) is 0 Å². The lowest BCUT2D eigenvalue weighted by atomic mass is 9.91. The highest BCUT2D eigenvalue weighted by Crippen LogP contribution is 2.24. The van der Waals surface area contributed by atoms with Crippen molar-refractivity contribution in [2.75, 3.05) is 0 Å². The van der Waals surface area contributed by atoms with Crippen LogP contribution in [0.4, 0.5) is 0 Å². The highest BCUT2D eigenvalue weighted by Gasteiger charge is 2.22. The number of aromatic nitrogens is 1. The first-order valence-electron chi connectivity index (χ1n) is 5.00. The fourth-order valence-electron chi connectivity index (χ4n) is 1.78. The Bertz CT molecular complexity index is 403. The lowest BCUT2D eigenvalue weighted by molar-refractivity contribution is 0.514. The summed E-state index contributed by atoms with van der Waals surface area (Å²) >= 11 is 0. The summed E-state index contributed by atoms with van der Waals surface area (Å²) in [7, 11) is 0. The first-order chi connectivity index (χ1) is 6.48. The molecule has 0 fully saturated rings. The maximum atomic E-state index is 4.53. The number of aryl methyl sites for hydroxylation is 2. The molecule has 0 aliphatic carbocycles. The van der Waals surface area contributed by atoms with Crippen LogP contribution >= 0.6 is 0 Å². The Balaban J connectivity index is 2.52. The molecule has 1 aliphatic heterocycles. The molecule has 2 nitrogen and oxygen atoms in total. The average molecular weight is 188 g/mol. The van der Waals surface area contributed by atoms with Crippen LogP contribution in [0.5, 0.6) is 0 Å². The number of aliphatic imine (C=N–C) groups is 1. The van der Waals surface area contributed by atoms with Gasteiger partial charge in [0.1, 0.15) is 0 Å². The first-order valence-corrected chi connectivity index (χ1v) is 5.00. The van der Waals surface area contributed by atoms with Crippen LogP contribution < -0.4 is 0 Å². The first kappa shape index (κ1) is 9.38. The molecule has 0 N–H and O–H groups in total. The molecule has 1 aliphatic rings. The summed E-state index contributed by atoms with van der Waals surface area (Å²) in [6.07, 6.45) is 2.90. The fraction of sp³-hybridized carbons (Fsp3) is 0.500. The van der Waals surface area contributed by atoms with E-state index >= 15 is 0 Å². The average Bonchev–Trinajstić information content (AvgIpc) is 2.07. The highest BCUT2D eigenvalue weighted by molar-refractivity contribution is 5.81. The van der Waals surface area contributed by atoms with Gasteiger partial charge in [-0.3, -0.25) is 9.98 Å². The molecule has 1 aromatic heterocycles. The standard InChI is InChI=1S/C12H16N2/c1-8-5-10-6-12(3,4)13-7-11(10)14-9(8)2/h5,7H,6H2,1-4H3. The molecule has 74 valence electrons. The van der Waals surface area contributed by atoms with Gasteiger partial charge in [-0.1, -0.05) is 6.07 Å². The maximum absolute atomic E-state index is 4.53. The molecular weight excluding hydrogens is 172 g/mol. The Morgan fingerprint density at radius 2 is 2.00 bits per heavy atom.